The van der Waals surface area contributed by atoms with Crippen LogP contribution in [0.2, 0.25) is 0 Å². The topological polar surface area (TPSA) is 59.0 Å². The molecular weight excluding hydrogens is 200 g/mol. The van der Waals surface area contributed by atoms with Gasteiger partial charge in [0.1, 0.15) is 6.07 Å². The number of nitrogens with two attached hydrogens (primary N) is 1. The van der Waals surface area contributed by atoms with Crippen molar-refractivity contribution in [3.63, 3.8) is 0 Å². The van der Waals surface area contributed by atoms with Crippen LogP contribution in [0.3, 0.4) is 0 Å². The van der Waals surface area contributed by atoms with Crippen molar-refractivity contribution >= 4 is 5.69 Å². The lowest BCUT2D eigenvalue weighted by Crippen LogP contribution is -2.07. The first kappa shape index (κ1) is 11.0. The van der Waals surface area contributed by atoms with Crippen molar-refractivity contribution in [3.8, 4) is 6.07 Å². The molecule has 0 bridgehead atoms. The smallest absolute Gasteiger partial charge is 0.101 e. The molecule has 1 fully saturated rings. The fraction of sp³-hybridized carbons (Fsp3) is 0.462. The number of nitrogens with zero attached hydrogens (tertiary/aromatic N) is 1. The molecule has 2 N–H and O–H groups in total. The molecule has 0 unspecified atom stereocenters. The van der Waals surface area contributed by atoms with E-state index in [1.165, 1.54) is 25.7 Å². The van der Waals surface area contributed by atoms with Crippen LogP contribution in [0.5, 0.6) is 0 Å². The zero-order valence-corrected chi connectivity index (χ0v) is 9.28. The molecule has 0 spiro atoms. The first-order chi connectivity index (χ1) is 7.79. The summed E-state index contributed by atoms with van der Waals surface area (Å²) in [6.45, 7) is 0.583. The molecule has 0 radical (unpaired) electrons. The molecule has 1 aliphatic rings. The summed E-state index contributed by atoms with van der Waals surface area (Å²) in [5, 5.41) is 8.85. The molecule has 1 aromatic rings. The number of rotatable bonds is 3. The Morgan fingerprint density at radius 3 is 2.81 bits per heavy atom. The molecule has 3 nitrogen and oxygen atoms in total. The number of hydrogen-bond donors (Lipinski definition) is 1. The van der Waals surface area contributed by atoms with E-state index in [4.69, 9.17) is 15.7 Å². The normalized spacial score (nSPS) is 16.2. The number of hydrogen-bond acceptors (Lipinski definition) is 3. The average molecular weight is 216 g/mol. The third-order valence-electron chi connectivity index (χ3n) is 3.03. The van der Waals surface area contributed by atoms with Crippen molar-refractivity contribution in [1.29, 1.82) is 5.26 Å². The summed E-state index contributed by atoms with van der Waals surface area (Å²) in [5.41, 5.74) is 7.75. The van der Waals surface area contributed by atoms with E-state index in [0.29, 0.717) is 24.0 Å². The molecule has 3 heteroatoms. The minimum Gasteiger partial charge on any atom is -0.398 e. The van der Waals surface area contributed by atoms with Crippen LogP contribution >= 0.6 is 0 Å². The van der Waals surface area contributed by atoms with Gasteiger partial charge in [0.05, 0.1) is 18.3 Å². The molecule has 84 valence electrons. The Labute approximate surface area is 95.8 Å². The summed E-state index contributed by atoms with van der Waals surface area (Å²) >= 11 is 0. The molecule has 0 atom stereocenters. The van der Waals surface area contributed by atoms with Crippen molar-refractivity contribution < 1.29 is 4.74 Å². The van der Waals surface area contributed by atoms with E-state index in [1.807, 2.05) is 12.1 Å². The van der Waals surface area contributed by atoms with Gasteiger partial charge in [-0.05, 0) is 30.5 Å². The Morgan fingerprint density at radius 2 is 2.12 bits per heavy atom. The molecule has 2 rings (SSSR count). The average Bonchev–Trinajstić information content (AvgIpc) is 2.81. The third-order valence-corrected chi connectivity index (χ3v) is 3.03. The van der Waals surface area contributed by atoms with E-state index in [9.17, 15) is 0 Å². The number of nitriles is 1. The van der Waals surface area contributed by atoms with Crippen LogP contribution in [-0.4, -0.2) is 6.10 Å². The van der Waals surface area contributed by atoms with Gasteiger partial charge >= 0.3 is 0 Å². The Hall–Kier alpha value is -1.53. The van der Waals surface area contributed by atoms with Crippen molar-refractivity contribution in [3.05, 3.63) is 29.3 Å². The predicted molar refractivity (Wildman–Crippen MR) is 62.6 cm³/mol. The van der Waals surface area contributed by atoms with Gasteiger partial charge in [0, 0.05) is 5.69 Å². The number of anilines is 1. The van der Waals surface area contributed by atoms with Crippen LogP contribution in [0.15, 0.2) is 18.2 Å². The molecule has 1 aliphatic carbocycles. The predicted octanol–water partition coefficient (Wildman–Crippen LogP) is 2.60. The van der Waals surface area contributed by atoms with E-state index in [-0.39, 0.29) is 0 Å². The van der Waals surface area contributed by atoms with Gasteiger partial charge in [-0.1, -0.05) is 18.9 Å². The highest BCUT2D eigenvalue weighted by atomic mass is 16.5. The number of benzene rings is 1. The zero-order chi connectivity index (χ0) is 11.4. The summed E-state index contributed by atoms with van der Waals surface area (Å²) in [6, 6.07) is 7.58. The summed E-state index contributed by atoms with van der Waals surface area (Å²) in [4.78, 5) is 0. The largest absolute Gasteiger partial charge is 0.398 e. The molecule has 0 heterocycles. The lowest BCUT2D eigenvalue weighted by atomic mass is 10.1. The summed E-state index contributed by atoms with van der Waals surface area (Å²) in [5.74, 6) is 0. The van der Waals surface area contributed by atoms with Gasteiger partial charge in [-0.25, -0.2) is 0 Å². The maximum atomic E-state index is 8.85. The Kier molecular flexibility index (Phi) is 3.43. The fourth-order valence-electron chi connectivity index (χ4n) is 2.06. The van der Waals surface area contributed by atoms with Gasteiger partial charge in [0.2, 0.25) is 0 Å². The van der Waals surface area contributed by atoms with Crippen molar-refractivity contribution in [1.82, 2.24) is 0 Å². The molecule has 0 aromatic heterocycles. The highest BCUT2D eigenvalue weighted by molar-refractivity contribution is 5.55. The first-order valence-electron chi connectivity index (χ1n) is 5.69. The van der Waals surface area contributed by atoms with Crippen molar-refractivity contribution in [2.24, 2.45) is 0 Å². The summed E-state index contributed by atoms with van der Waals surface area (Å²) in [7, 11) is 0. The van der Waals surface area contributed by atoms with Crippen LogP contribution in [-0.2, 0) is 11.3 Å². The van der Waals surface area contributed by atoms with E-state index >= 15 is 0 Å². The lowest BCUT2D eigenvalue weighted by molar-refractivity contribution is 0.0457. The van der Waals surface area contributed by atoms with Crippen LogP contribution in [0.25, 0.3) is 0 Å². The van der Waals surface area contributed by atoms with Gasteiger partial charge in [0.15, 0.2) is 0 Å². The molecule has 0 aliphatic heterocycles. The Balaban J connectivity index is 1.96. The maximum absolute atomic E-state index is 8.85. The minimum absolute atomic E-state index is 0.406. The second kappa shape index (κ2) is 5.00. The second-order valence-electron chi connectivity index (χ2n) is 4.25. The van der Waals surface area contributed by atoms with E-state index in [2.05, 4.69) is 6.07 Å². The fourth-order valence-corrected chi connectivity index (χ4v) is 2.06. The van der Waals surface area contributed by atoms with Crippen molar-refractivity contribution in [2.75, 3.05) is 5.73 Å². The minimum atomic E-state index is 0.406. The highest BCUT2D eigenvalue weighted by Crippen LogP contribution is 2.22. The highest BCUT2D eigenvalue weighted by Gasteiger charge is 2.15. The SMILES string of the molecule is N#Cc1cc(COC2CCCC2)ccc1N. The second-order valence-corrected chi connectivity index (χ2v) is 4.25. The number of ether oxygens (including phenoxy) is 1. The Morgan fingerprint density at radius 1 is 1.38 bits per heavy atom. The maximum Gasteiger partial charge on any atom is 0.101 e. The van der Waals surface area contributed by atoms with E-state index < -0.39 is 0 Å². The van der Waals surface area contributed by atoms with E-state index in [1.54, 1.807) is 6.07 Å². The van der Waals surface area contributed by atoms with Gasteiger partial charge in [0.25, 0.3) is 0 Å². The molecule has 1 saturated carbocycles. The summed E-state index contributed by atoms with van der Waals surface area (Å²) < 4.78 is 5.78. The molecule has 0 amide bonds. The quantitative estimate of drug-likeness (QED) is 0.790. The van der Waals surface area contributed by atoms with Crippen LogP contribution in [0.4, 0.5) is 5.69 Å². The monoisotopic (exact) mass is 216 g/mol. The van der Waals surface area contributed by atoms with Gasteiger partial charge in [-0.3, -0.25) is 0 Å². The van der Waals surface area contributed by atoms with Crippen molar-refractivity contribution in [2.45, 2.75) is 38.4 Å². The summed E-state index contributed by atoms with van der Waals surface area (Å²) in [6.07, 6.45) is 5.29. The molecule has 0 saturated heterocycles. The van der Waals surface area contributed by atoms with Gasteiger partial charge in [-0.2, -0.15) is 5.26 Å². The molecular formula is C13H16N2O. The molecule has 16 heavy (non-hydrogen) atoms. The van der Waals surface area contributed by atoms with E-state index in [0.717, 1.165) is 5.56 Å². The standard InChI is InChI=1S/C13H16N2O/c14-8-11-7-10(5-6-13(11)15)9-16-12-3-1-2-4-12/h5-7,12H,1-4,9,15H2. The van der Waals surface area contributed by atoms with Gasteiger partial charge in [-0.15, -0.1) is 0 Å². The van der Waals surface area contributed by atoms with Gasteiger partial charge < -0.3 is 10.5 Å². The van der Waals surface area contributed by atoms with Crippen LogP contribution in [0, 0.1) is 11.3 Å². The molecule has 1 aromatic carbocycles. The third kappa shape index (κ3) is 2.53. The number of nitrogen functional groups attached to an aromatic ring is 1. The lowest BCUT2D eigenvalue weighted by Gasteiger charge is -2.11. The first-order valence-corrected chi connectivity index (χ1v) is 5.69. The van der Waals surface area contributed by atoms with Crippen LogP contribution in [0.1, 0.15) is 36.8 Å². The zero-order valence-electron chi connectivity index (χ0n) is 9.28. The Bertz CT molecular complexity index is 403. The van der Waals surface area contributed by atoms with Crippen LogP contribution < -0.4 is 5.73 Å².